The molecule has 5 nitrogen and oxygen atoms in total. The Kier molecular flexibility index (Phi) is 2.96. The van der Waals surface area contributed by atoms with Gasteiger partial charge in [0, 0.05) is 38.4 Å². The van der Waals surface area contributed by atoms with Crippen molar-refractivity contribution >= 4 is 6.03 Å². The number of ether oxygens (including phenoxy) is 1. The van der Waals surface area contributed by atoms with Crippen molar-refractivity contribution in [3.05, 3.63) is 0 Å². The van der Waals surface area contributed by atoms with Crippen LogP contribution >= 0.6 is 0 Å². The molecule has 4 rings (SSSR count). The van der Waals surface area contributed by atoms with Crippen LogP contribution in [0.3, 0.4) is 0 Å². The average molecular weight is 279 g/mol. The molecular formula is C15H25N3O2. The Morgan fingerprint density at radius 3 is 2.40 bits per heavy atom. The van der Waals surface area contributed by atoms with E-state index < -0.39 is 0 Å². The third-order valence-corrected chi connectivity index (χ3v) is 6.02. The molecule has 2 saturated heterocycles. The third-order valence-electron chi connectivity index (χ3n) is 6.02. The van der Waals surface area contributed by atoms with Crippen LogP contribution in [-0.2, 0) is 4.74 Å². The lowest BCUT2D eigenvalue weighted by atomic mass is 9.76. The fraction of sp³-hybridized carbons (Fsp3) is 0.933. The molecule has 3 N–H and O–H groups in total. The summed E-state index contributed by atoms with van der Waals surface area (Å²) in [6.45, 7) is 3.68. The highest BCUT2D eigenvalue weighted by Gasteiger charge is 2.60. The smallest absolute Gasteiger partial charge is 0.317 e. The monoisotopic (exact) mass is 279 g/mol. The Morgan fingerprint density at radius 1 is 1.15 bits per heavy atom. The first-order valence-electron chi connectivity index (χ1n) is 8.05. The summed E-state index contributed by atoms with van der Waals surface area (Å²) in [5.41, 5.74) is 6.33. The van der Waals surface area contributed by atoms with Gasteiger partial charge in [-0.3, -0.25) is 0 Å². The fourth-order valence-corrected chi connectivity index (χ4v) is 4.30. The Bertz CT molecular complexity index is 396. The van der Waals surface area contributed by atoms with E-state index in [9.17, 15) is 4.79 Å². The molecule has 4 aliphatic rings. The zero-order valence-electron chi connectivity index (χ0n) is 12.0. The Balaban J connectivity index is 1.18. The first kappa shape index (κ1) is 12.9. The number of hydrogen-bond donors (Lipinski definition) is 2. The predicted molar refractivity (Wildman–Crippen MR) is 75.2 cm³/mol. The van der Waals surface area contributed by atoms with Gasteiger partial charge in [0.1, 0.15) is 0 Å². The van der Waals surface area contributed by atoms with Crippen LogP contribution in [-0.4, -0.2) is 49.3 Å². The third kappa shape index (κ3) is 2.11. The number of carbonyl (C=O) groups is 1. The summed E-state index contributed by atoms with van der Waals surface area (Å²) in [5, 5.41) is 3.16. The van der Waals surface area contributed by atoms with Crippen LogP contribution in [0.5, 0.6) is 0 Å². The molecule has 0 aromatic carbocycles. The van der Waals surface area contributed by atoms with Gasteiger partial charge in [-0.2, -0.15) is 0 Å². The van der Waals surface area contributed by atoms with Crippen LogP contribution in [0.1, 0.15) is 32.1 Å². The number of likely N-dealkylation sites (tertiary alicyclic amines) is 1. The highest BCUT2D eigenvalue weighted by molar-refractivity contribution is 5.75. The van der Waals surface area contributed by atoms with E-state index in [1.54, 1.807) is 0 Å². The molecule has 2 aliphatic carbocycles. The lowest BCUT2D eigenvalue weighted by Gasteiger charge is -2.46. The zero-order valence-corrected chi connectivity index (χ0v) is 12.0. The number of urea groups is 1. The molecule has 0 aromatic rings. The molecule has 2 aliphatic heterocycles. The second-order valence-electron chi connectivity index (χ2n) is 7.34. The molecule has 1 atom stereocenters. The highest BCUT2D eigenvalue weighted by Crippen LogP contribution is 2.59. The molecule has 1 spiro atoms. The number of nitrogens with one attached hydrogen (secondary N) is 1. The van der Waals surface area contributed by atoms with Crippen LogP contribution < -0.4 is 11.1 Å². The number of hydrogen-bond acceptors (Lipinski definition) is 3. The largest absolute Gasteiger partial charge is 0.381 e. The summed E-state index contributed by atoms with van der Waals surface area (Å²) in [4.78, 5) is 14.1. The van der Waals surface area contributed by atoms with Gasteiger partial charge in [-0.15, -0.1) is 0 Å². The molecule has 0 bridgehead atoms. The van der Waals surface area contributed by atoms with Crippen molar-refractivity contribution in [1.82, 2.24) is 10.2 Å². The summed E-state index contributed by atoms with van der Waals surface area (Å²) in [6, 6.07) is 0.915. The summed E-state index contributed by atoms with van der Waals surface area (Å²) >= 11 is 0. The molecule has 2 saturated carbocycles. The van der Waals surface area contributed by atoms with Gasteiger partial charge in [-0.1, -0.05) is 0 Å². The first-order valence-corrected chi connectivity index (χ1v) is 8.05. The maximum absolute atomic E-state index is 12.1. The molecule has 20 heavy (non-hydrogen) atoms. The van der Waals surface area contributed by atoms with Crippen LogP contribution in [0.25, 0.3) is 0 Å². The minimum Gasteiger partial charge on any atom is -0.381 e. The summed E-state index contributed by atoms with van der Waals surface area (Å²) in [7, 11) is 0. The fourth-order valence-electron chi connectivity index (χ4n) is 4.30. The summed E-state index contributed by atoms with van der Waals surface area (Å²) in [5.74, 6) is 1.47. The number of amides is 2. The van der Waals surface area contributed by atoms with E-state index >= 15 is 0 Å². The molecule has 0 aromatic heterocycles. The molecule has 5 heteroatoms. The number of nitrogens with zero attached hydrogens (tertiary/aromatic N) is 1. The molecule has 2 heterocycles. The predicted octanol–water partition coefficient (Wildman–Crippen LogP) is 0.934. The molecule has 2 amide bonds. The average Bonchev–Trinajstić information content (AvgIpc) is 3.00. The second kappa shape index (κ2) is 4.60. The van der Waals surface area contributed by atoms with Gasteiger partial charge in [-0.05, 0) is 49.4 Å². The molecule has 4 fully saturated rings. The minimum absolute atomic E-state index is 0.141. The van der Waals surface area contributed by atoms with Gasteiger partial charge >= 0.3 is 6.03 Å². The number of rotatable bonds is 2. The van der Waals surface area contributed by atoms with Crippen molar-refractivity contribution in [3.63, 3.8) is 0 Å². The summed E-state index contributed by atoms with van der Waals surface area (Å²) in [6.07, 6.45) is 5.69. The Labute approximate surface area is 120 Å². The maximum atomic E-state index is 12.1. The van der Waals surface area contributed by atoms with Crippen molar-refractivity contribution in [2.45, 2.75) is 44.2 Å². The van der Waals surface area contributed by atoms with Crippen LogP contribution in [0.15, 0.2) is 0 Å². The minimum atomic E-state index is 0.141. The molecule has 0 radical (unpaired) electrons. The van der Waals surface area contributed by atoms with E-state index in [1.807, 2.05) is 4.90 Å². The van der Waals surface area contributed by atoms with Gasteiger partial charge in [0.2, 0.25) is 0 Å². The van der Waals surface area contributed by atoms with Crippen LogP contribution in [0.2, 0.25) is 0 Å². The second-order valence-corrected chi connectivity index (χ2v) is 7.34. The van der Waals surface area contributed by atoms with Crippen LogP contribution in [0.4, 0.5) is 4.79 Å². The lowest BCUT2D eigenvalue weighted by Crippen LogP contribution is -2.59. The topological polar surface area (TPSA) is 67.6 Å². The van der Waals surface area contributed by atoms with Gasteiger partial charge in [0.15, 0.2) is 0 Å². The van der Waals surface area contributed by atoms with Crippen molar-refractivity contribution in [3.8, 4) is 0 Å². The standard InChI is InChI=1S/C15H25N3O2/c16-13-7-15(13)5-12(6-15)17-14(19)18-8-11(9-18)10-1-3-20-4-2-10/h10-13H,1-9,16H2,(H,17,19). The first-order chi connectivity index (χ1) is 9.66. The Hall–Kier alpha value is -0.810. The van der Waals surface area contributed by atoms with Gasteiger partial charge in [-0.25, -0.2) is 4.79 Å². The maximum Gasteiger partial charge on any atom is 0.317 e. The summed E-state index contributed by atoms with van der Waals surface area (Å²) < 4.78 is 5.40. The van der Waals surface area contributed by atoms with Gasteiger partial charge < -0.3 is 20.7 Å². The quantitative estimate of drug-likeness (QED) is 0.790. The normalized spacial score (nSPS) is 41.1. The Morgan fingerprint density at radius 2 is 1.80 bits per heavy atom. The van der Waals surface area contributed by atoms with Gasteiger partial charge in [0.25, 0.3) is 0 Å². The number of carbonyl (C=O) groups excluding carboxylic acids is 1. The van der Waals surface area contributed by atoms with E-state index in [2.05, 4.69) is 5.32 Å². The SMILES string of the molecule is NC1CC12CC(NC(=O)N1CC(C3CCOCC3)C1)C2. The number of nitrogens with two attached hydrogens (primary N) is 1. The van der Waals surface area contributed by atoms with Crippen molar-refractivity contribution in [2.75, 3.05) is 26.3 Å². The lowest BCUT2D eigenvalue weighted by molar-refractivity contribution is 0.00565. The van der Waals surface area contributed by atoms with Crippen molar-refractivity contribution in [1.29, 1.82) is 0 Å². The molecule has 112 valence electrons. The highest BCUT2D eigenvalue weighted by atomic mass is 16.5. The molecular weight excluding hydrogens is 254 g/mol. The van der Waals surface area contributed by atoms with E-state index in [4.69, 9.17) is 10.5 Å². The zero-order chi connectivity index (χ0) is 13.7. The van der Waals surface area contributed by atoms with E-state index in [0.29, 0.717) is 23.4 Å². The van der Waals surface area contributed by atoms with E-state index in [-0.39, 0.29) is 6.03 Å². The van der Waals surface area contributed by atoms with Crippen molar-refractivity contribution in [2.24, 2.45) is 23.0 Å². The van der Waals surface area contributed by atoms with E-state index in [1.165, 1.54) is 12.8 Å². The van der Waals surface area contributed by atoms with Gasteiger partial charge in [0.05, 0.1) is 0 Å². The van der Waals surface area contributed by atoms with E-state index in [0.717, 1.165) is 51.5 Å². The molecule has 1 unspecified atom stereocenters. The van der Waals surface area contributed by atoms with Crippen molar-refractivity contribution < 1.29 is 9.53 Å². The van der Waals surface area contributed by atoms with Crippen LogP contribution in [0, 0.1) is 17.3 Å².